The molecule has 2 aromatic rings. The van der Waals surface area contributed by atoms with Gasteiger partial charge in [0.2, 0.25) is 5.78 Å². The maximum atomic E-state index is 12.3. The Hall–Kier alpha value is -2.12. The first-order valence-corrected chi connectivity index (χ1v) is 9.17. The first-order valence-electron chi connectivity index (χ1n) is 6.56. The second kappa shape index (κ2) is 5.82. The summed E-state index contributed by atoms with van der Waals surface area (Å²) in [5, 5.41) is 0. The molecule has 0 spiro atoms. The van der Waals surface area contributed by atoms with Gasteiger partial charge in [0, 0.05) is 10.5 Å². The second-order valence-electron chi connectivity index (χ2n) is 4.91. The molecule has 0 aromatic heterocycles. The quantitative estimate of drug-likeness (QED) is 0.589. The van der Waals surface area contributed by atoms with Crippen LogP contribution in [0.4, 0.5) is 0 Å². The number of benzene rings is 2. The standard InChI is InChI=1S/C16H11BrO5S/c1-23(19,20)22-11-6-7-12-14(9-11)21-15(16(12)18)8-10-4-2-3-5-13(10)17/h2-9H,1H3/b15-8+. The van der Waals surface area contributed by atoms with Crippen molar-refractivity contribution in [1.29, 1.82) is 0 Å². The zero-order chi connectivity index (χ0) is 16.6. The van der Waals surface area contributed by atoms with E-state index in [4.69, 9.17) is 8.92 Å². The topological polar surface area (TPSA) is 69.7 Å². The number of hydrogen-bond acceptors (Lipinski definition) is 5. The van der Waals surface area contributed by atoms with Gasteiger partial charge in [-0.05, 0) is 29.8 Å². The predicted octanol–water partition coefficient (Wildman–Crippen LogP) is 3.40. The second-order valence-corrected chi connectivity index (χ2v) is 7.34. The summed E-state index contributed by atoms with van der Waals surface area (Å²) >= 11 is 3.41. The van der Waals surface area contributed by atoms with Gasteiger partial charge in [-0.25, -0.2) is 0 Å². The molecule has 5 nitrogen and oxygen atoms in total. The predicted molar refractivity (Wildman–Crippen MR) is 89.0 cm³/mol. The highest BCUT2D eigenvalue weighted by molar-refractivity contribution is 9.10. The van der Waals surface area contributed by atoms with Crippen LogP contribution in [-0.2, 0) is 10.1 Å². The number of Topliss-reactive ketones (excluding diaryl/α,β-unsaturated/α-hetero) is 1. The lowest BCUT2D eigenvalue weighted by atomic mass is 10.1. The van der Waals surface area contributed by atoms with Gasteiger partial charge in [0.15, 0.2) is 5.76 Å². The summed E-state index contributed by atoms with van der Waals surface area (Å²) in [6, 6.07) is 11.7. The molecule has 1 aliphatic heterocycles. The minimum atomic E-state index is -3.64. The van der Waals surface area contributed by atoms with Crippen LogP contribution in [0.5, 0.6) is 11.5 Å². The summed E-state index contributed by atoms with van der Waals surface area (Å²) in [4.78, 5) is 12.3. The monoisotopic (exact) mass is 394 g/mol. The fourth-order valence-corrected chi connectivity index (χ4v) is 2.98. The van der Waals surface area contributed by atoms with E-state index in [-0.39, 0.29) is 23.0 Å². The Kier molecular flexibility index (Phi) is 3.99. The van der Waals surface area contributed by atoms with E-state index in [1.54, 1.807) is 6.08 Å². The highest BCUT2D eigenvalue weighted by Crippen LogP contribution is 2.35. The van der Waals surface area contributed by atoms with Gasteiger partial charge in [-0.3, -0.25) is 4.79 Å². The zero-order valence-electron chi connectivity index (χ0n) is 11.9. The van der Waals surface area contributed by atoms with Gasteiger partial charge < -0.3 is 8.92 Å². The molecule has 0 fully saturated rings. The van der Waals surface area contributed by atoms with Crippen molar-refractivity contribution in [2.45, 2.75) is 0 Å². The van der Waals surface area contributed by atoms with Crippen molar-refractivity contribution >= 4 is 37.9 Å². The Balaban J connectivity index is 1.94. The number of ketones is 1. The van der Waals surface area contributed by atoms with Crippen molar-refractivity contribution in [3.63, 3.8) is 0 Å². The third-order valence-corrected chi connectivity index (χ3v) is 4.30. The van der Waals surface area contributed by atoms with Crippen molar-refractivity contribution in [3.05, 3.63) is 63.8 Å². The number of carbonyl (C=O) groups excluding carboxylic acids is 1. The van der Waals surface area contributed by atoms with Gasteiger partial charge in [0.1, 0.15) is 11.5 Å². The Morgan fingerprint density at radius 3 is 2.61 bits per heavy atom. The third kappa shape index (κ3) is 3.46. The Morgan fingerprint density at radius 1 is 1.17 bits per heavy atom. The summed E-state index contributed by atoms with van der Waals surface area (Å²) in [5.74, 6) is 0.278. The molecule has 23 heavy (non-hydrogen) atoms. The van der Waals surface area contributed by atoms with E-state index in [2.05, 4.69) is 15.9 Å². The van der Waals surface area contributed by atoms with Gasteiger partial charge in [-0.2, -0.15) is 8.42 Å². The summed E-state index contributed by atoms with van der Waals surface area (Å²) in [5.41, 5.74) is 1.17. The smallest absolute Gasteiger partial charge is 0.306 e. The van der Waals surface area contributed by atoms with Crippen LogP contribution >= 0.6 is 15.9 Å². The van der Waals surface area contributed by atoms with E-state index in [9.17, 15) is 13.2 Å². The van der Waals surface area contributed by atoms with Gasteiger partial charge >= 0.3 is 10.1 Å². The first kappa shape index (κ1) is 15.8. The van der Waals surface area contributed by atoms with Crippen molar-refractivity contribution in [2.75, 3.05) is 6.26 Å². The molecule has 0 atom stereocenters. The molecule has 0 bridgehead atoms. The average molecular weight is 395 g/mol. The van der Waals surface area contributed by atoms with Crippen LogP contribution in [0.25, 0.3) is 6.08 Å². The fraction of sp³-hybridized carbons (Fsp3) is 0.0625. The van der Waals surface area contributed by atoms with Crippen LogP contribution in [0.2, 0.25) is 0 Å². The van der Waals surface area contributed by atoms with Crippen LogP contribution in [0.3, 0.4) is 0 Å². The number of fused-ring (bicyclic) bond motifs is 1. The van der Waals surface area contributed by atoms with Crippen LogP contribution in [0.1, 0.15) is 15.9 Å². The van der Waals surface area contributed by atoms with Crippen molar-refractivity contribution in [1.82, 2.24) is 0 Å². The number of carbonyl (C=O) groups is 1. The normalized spacial score (nSPS) is 15.4. The largest absolute Gasteiger partial charge is 0.452 e. The molecule has 0 unspecified atom stereocenters. The van der Waals surface area contributed by atoms with E-state index < -0.39 is 10.1 Å². The number of hydrogen-bond donors (Lipinski definition) is 0. The van der Waals surface area contributed by atoms with Gasteiger partial charge in [0.05, 0.1) is 11.8 Å². The molecule has 0 aliphatic carbocycles. The molecule has 0 saturated carbocycles. The molecule has 2 aromatic carbocycles. The molecule has 3 rings (SSSR count). The van der Waals surface area contributed by atoms with Crippen molar-refractivity contribution < 1.29 is 22.1 Å². The number of ether oxygens (including phenoxy) is 1. The molecule has 0 N–H and O–H groups in total. The van der Waals surface area contributed by atoms with E-state index in [0.29, 0.717) is 5.56 Å². The van der Waals surface area contributed by atoms with Crippen LogP contribution in [0, 0.1) is 0 Å². The van der Waals surface area contributed by atoms with E-state index in [1.165, 1.54) is 18.2 Å². The summed E-state index contributed by atoms with van der Waals surface area (Å²) in [6.07, 6.45) is 2.58. The van der Waals surface area contributed by atoms with Gasteiger partial charge in [-0.1, -0.05) is 34.1 Å². The molecular weight excluding hydrogens is 384 g/mol. The number of halogens is 1. The molecule has 0 amide bonds. The Bertz CT molecular complexity index is 931. The van der Waals surface area contributed by atoms with E-state index >= 15 is 0 Å². The number of allylic oxidation sites excluding steroid dienone is 1. The van der Waals surface area contributed by atoms with Gasteiger partial charge in [0.25, 0.3) is 0 Å². The minimum Gasteiger partial charge on any atom is -0.452 e. The lowest BCUT2D eigenvalue weighted by molar-refractivity contribution is 0.101. The molecule has 1 heterocycles. The third-order valence-electron chi connectivity index (χ3n) is 3.08. The van der Waals surface area contributed by atoms with Crippen LogP contribution < -0.4 is 8.92 Å². The maximum absolute atomic E-state index is 12.3. The zero-order valence-corrected chi connectivity index (χ0v) is 14.3. The van der Waals surface area contributed by atoms with Crippen LogP contribution in [-0.4, -0.2) is 20.5 Å². The first-order chi connectivity index (χ1) is 10.8. The Labute approximate surface area is 141 Å². The van der Waals surface area contributed by atoms with E-state index in [0.717, 1.165) is 16.3 Å². The van der Waals surface area contributed by atoms with E-state index in [1.807, 2.05) is 24.3 Å². The Morgan fingerprint density at radius 2 is 1.91 bits per heavy atom. The molecule has 7 heteroatoms. The summed E-state index contributed by atoms with van der Waals surface area (Å²) in [7, 11) is -3.64. The average Bonchev–Trinajstić information content (AvgIpc) is 2.76. The highest BCUT2D eigenvalue weighted by atomic mass is 79.9. The molecule has 0 radical (unpaired) electrons. The van der Waals surface area contributed by atoms with Crippen molar-refractivity contribution in [3.8, 4) is 11.5 Å². The molecule has 118 valence electrons. The highest BCUT2D eigenvalue weighted by Gasteiger charge is 2.28. The number of rotatable bonds is 3. The lowest BCUT2D eigenvalue weighted by Gasteiger charge is -2.04. The maximum Gasteiger partial charge on any atom is 0.306 e. The molecular formula is C16H11BrO5S. The SMILES string of the molecule is CS(=O)(=O)Oc1ccc2c(c1)O/C(=C/c1ccccc1Br)C2=O. The van der Waals surface area contributed by atoms with Crippen LogP contribution in [0.15, 0.2) is 52.7 Å². The lowest BCUT2D eigenvalue weighted by Crippen LogP contribution is -2.05. The molecule has 1 aliphatic rings. The molecule has 0 saturated heterocycles. The summed E-state index contributed by atoms with van der Waals surface area (Å²) < 4.78 is 33.5. The minimum absolute atomic E-state index is 0.0983. The van der Waals surface area contributed by atoms with Gasteiger partial charge in [-0.15, -0.1) is 0 Å². The van der Waals surface area contributed by atoms with Crippen molar-refractivity contribution in [2.24, 2.45) is 0 Å². The fourth-order valence-electron chi connectivity index (χ4n) is 2.13. The summed E-state index contributed by atoms with van der Waals surface area (Å²) in [6.45, 7) is 0.